The molecule has 0 bridgehead atoms. The zero-order chi connectivity index (χ0) is 9.03. The Morgan fingerprint density at radius 1 is 1.33 bits per heavy atom. The summed E-state index contributed by atoms with van der Waals surface area (Å²) in [4.78, 5) is 6.79. The number of halogens is 2. The van der Waals surface area contributed by atoms with Gasteiger partial charge >= 0.3 is 5.92 Å². The summed E-state index contributed by atoms with van der Waals surface area (Å²) < 4.78 is 25.7. The molecule has 0 aliphatic carbocycles. The summed E-state index contributed by atoms with van der Waals surface area (Å²) in [6.45, 7) is -0.578. The normalized spacial score (nSPS) is 11.6. The Morgan fingerprint density at radius 2 is 1.92 bits per heavy atom. The van der Waals surface area contributed by atoms with Crippen LogP contribution in [0.2, 0.25) is 0 Å². The van der Waals surface area contributed by atoms with Crippen molar-refractivity contribution in [2.45, 2.75) is 12.3 Å². The number of aliphatic hydroxyl groups is 1. The quantitative estimate of drug-likeness (QED) is 0.742. The van der Waals surface area contributed by atoms with Crippen molar-refractivity contribution in [3.8, 4) is 0 Å². The second-order valence-corrected chi connectivity index (χ2v) is 2.25. The van der Waals surface area contributed by atoms with E-state index in [4.69, 9.17) is 5.11 Å². The van der Waals surface area contributed by atoms with Crippen molar-refractivity contribution in [3.63, 3.8) is 0 Å². The summed E-state index contributed by atoms with van der Waals surface area (Å²) in [5.41, 5.74) is 0. The smallest absolute Gasteiger partial charge is 0.308 e. The van der Waals surface area contributed by atoms with Gasteiger partial charge in [0, 0.05) is 25.4 Å². The predicted molar refractivity (Wildman–Crippen MR) is 37.6 cm³/mol. The van der Waals surface area contributed by atoms with E-state index in [1.165, 1.54) is 18.5 Å². The summed E-state index contributed by atoms with van der Waals surface area (Å²) in [6, 6.07) is 1.46. The van der Waals surface area contributed by atoms with Crippen LogP contribution in [0.1, 0.15) is 12.2 Å². The van der Waals surface area contributed by atoms with Crippen LogP contribution in [-0.2, 0) is 5.92 Å². The van der Waals surface area contributed by atoms with Gasteiger partial charge in [0.05, 0.1) is 0 Å². The summed E-state index contributed by atoms with van der Waals surface area (Å²) >= 11 is 0. The van der Waals surface area contributed by atoms with Gasteiger partial charge in [-0.25, -0.2) is 9.97 Å². The lowest BCUT2D eigenvalue weighted by atomic mass is 10.2. The van der Waals surface area contributed by atoms with Gasteiger partial charge in [-0.15, -0.1) is 0 Å². The molecule has 0 aliphatic rings. The van der Waals surface area contributed by atoms with Gasteiger partial charge in [0.25, 0.3) is 0 Å². The Kier molecular flexibility index (Phi) is 2.65. The highest BCUT2D eigenvalue weighted by atomic mass is 19.3. The molecule has 0 amide bonds. The van der Waals surface area contributed by atoms with Crippen molar-refractivity contribution in [2.75, 3.05) is 6.61 Å². The largest absolute Gasteiger partial charge is 0.396 e. The second-order valence-electron chi connectivity index (χ2n) is 2.25. The Hall–Kier alpha value is -1.10. The number of hydrogen-bond donors (Lipinski definition) is 1. The summed E-state index contributed by atoms with van der Waals surface area (Å²) in [5, 5.41) is 8.33. The van der Waals surface area contributed by atoms with Gasteiger partial charge in [-0.1, -0.05) is 0 Å². The Labute approximate surface area is 68.1 Å². The molecule has 1 N–H and O–H groups in total. The van der Waals surface area contributed by atoms with Crippen LogP contribution in [0.15, 0.2) is 18.5 Å². The van der Waals surface area contributed by atoms with Crippen LogP contribution >= 0.6 is 0 Å². The predicted octanol–water partition coefficient (Wildman–Crippen LogP) is 0.951. The molecular formula is C7H8F2N2O. The first-order valence-corrected chi connectivity index (χ1v) is 3.43. The minimum atomic E-state index is -3.13. The first kappa shape index (κ1) is 8.99. The van der Waals surface area contributed by atoms with Gasteiger partial charge in [-0.3, -0.25) is 0 Å². The molecule has 3 nitrogen and oxygen atoms in total. The lowest BCUT2D eigenvalue weighted by molar-refractivity contribution is -0.0354. The van der Waals surface area contributed by atoms with Crippen molar-refractivity contribution in [2.24, 2.45) is 0 Å². The first-order chi connectivity index (χ1) is 5.67. The number of rotatable bonds is 3. The first-order valence-electron chi connectivity index (χ1n) is 3.43. The van der Waals surface area contributed by atoms with Gasteiger partial charge in [0.1, 0.15) is 0 Å². The van der Waals surface area contributed by atoms with Crippen LogP contribution in [0.5, 0.6) is 0 Å². The lowest BCUT2D eigenvalue weighted by Crippen LogP contribution is -2.18. The molecule has 12 heavy (non-hydrogen) atoms. The van der Waals surface area contributed by atoms with Crippen LogP contribution in [0.4, 0.5) is 8.78 Å². The molecule has 1 aromatic heterocycles. The second kappa shape index (κ2) is 3.53. The highest BCUT2D eigenvalue weighted by Gasteiger charge is 2.33. The van der Waals surface area contributed by atoms with Gasteiger partial charge in [-0.2, -0.15) is 8.78 Å². The average molecular weight is 174 g/mol. The standard InChI is InChI=1S/C7H8F2N2O/c8-7(9,2-5-12)6-10-3-1-4-11-6/h1,3-4,12H,2,5H2. The summed E-state index contributed by atoms with van der Waals surface area (Å²) in [7, 11) is 0. The monoisotopic (exact) mass is 174 g/mol. The third-order valence-electron chi connectivity index (χ3n) is 1.32. The third-order valence-corrected chi connectivity index (χ3v) is 1.32. The fourth-order valence-corrected chi connectivity index (χ4v) is 0.740. The van der Waals surface area contributed by atoms with E-state index in [1.54, 1.807) is 0 Å². The fourth-order valence-electron chi connectivity index (χ4n) is 0.740. The van der Waals surface area contributed by atoms with Crippen molar-refractivity contribution >= 4 is 0 Å². The molecule has 0 aliphatic heterocycles. The number of aromatic nitrogens is 2. The Morgan fingerprint density at radius 3 is 2.42 bits per heavy atom. The molecule has 0 fully saturated rings. The molecule has 1 heterocycles. The molecule has 1 aromatic rings. The van der Waals surface area contributed by atoms with Crippen molar-refractivity contribution in [3.05, 3.63) is 24.3 Å². The van der Waals surface area contributed by atoms with Gasteiger partial charge in [0.15, 0.2) is 5.82 Å². The number of nitrogens with zero attached hydrogens (tertiary/aromatic N) is 2. The van der Waals surface area contributed by atoms with Crippen molar-refractivity contribution < 1.29 is 13.9 Å². The summed E-state index contributed by atoms with van der Waals surface area (Å²) in [6.07, 6.45) is 1.85. The van der Waals surface area contributed by atoms with E-state index < -0.39 is 24.8 Å². The SMILES string of the molecule is OCCC(F)(F)c1ncccn1. The van der Waals surface area contributed by atoms with E-state index in [1.807, 2.05) is 0 Å². The molecule has 0 spiro atoms. The van der Waals surface area contributed by atoms with Crippen LogP contribution in [0.25, 0.3) is 0 Å². The highest BCUT2D eigenvalue weighted by molar-refractivity contribution is 4.96. The zero-order valence-corrected chi connectivity index (χ0v) is 6.24. The van der Waals surface area contributed by atoms with E-state index in [9.17, 15) is 8.78 Å². The molecule has 66 valence electrons. The van der Waals surface area contributed by atoms with Crippen LogP contribution < -0.4 is 0 Å². The van der Waals surface area contributed by atoms with Crippen molar-refractivity contribution in [1.82, 2.24) is 9.97 Å². The van der Waals surface area contributed by atoms with Crippen molar-refractivity contribution in [1.29, 1.82) is 0 Å². The fraction of sp³-hybridized carbons (Fsp3) is 0.429. The molecule has 0 unspecified atom stereocenters. The van der Waals surface area contributed by atoms with E-state index >= 15 is 0 Å². The molecule has 0 atom stereocenters. The maximum atomic E-state index is 12.9. The Bertz CT molecular complexity index is 240. The van der Waals surface area contributed by atoms with Crippen LogP contribution in [0.3, 0.4) is 0 Å². The van der Waals surface area contributed by atoms with Gasteiger partial charge < -0.3 is 5.11 Å². The van der Waals surface area contributed by atoms with Gasteiger partial charge in [-0.05, 0) is 6.07 Å². The molecule has 0 saturated carbocycles. The zero-order valence-electron chi connectivity index (χ0n) is 6.24. The molecular weight excluding hydrogens is 166 g/mol. The molecule has 0 aromatic carbocycles. The van der Waals surface area contributed by atoms with E-state index in [2.05, 4.69) is 9.97 Å². The molecule has 1 rings (SSSR count). The average Bonchev–Trinajstić information content (AvgIpc) is 2.06. The highest BCUT2D eigenvalue weighted by Crippen LogP contribution is 2.27. The number of alkyl halides is 2. The topological polar surface area (TPSA) is 46.0 Å². The third kappa shape index (κ3) is 1.94. The Balaban J connectivity index is 2.82. The molecule has 0 radical (unpaired) electrons. The summed E-state index contributed by atoms with van der Waals surface area (Å²) in [5.74, 6) is -3.67. The minimum absolute atomic E-state index is 0.543. The minimum Gasteiger partial charge on any atom is -0.396 e. The van der Waals surface area contributed by atoms with Crippen LogP contribution in [0, 0.1) is 0 Å². The number of aliphatic hydroxyl groups excluding tert-OH is 1. The van der Waals surface area contributed by atoms with Crippen LogP contribution in [-0.4, -0.2) is 21.7 Å². The lowest BCUT2D eigenvalue weighted by Gasteiger charge is -2.11. The molecule has 0 saturated heterocycles. The van der Waals surface area contributed by atoms with E-state index in [-0.39, 0.29) is 0 Å². The van der Waals surface area contributed by atoms with Gasteiger partial charge in [0.2, 0.25) is 0 Å². The van der Waals surface area contributed by atoms with E-state index in [0.717, 1.165) is 0 Å². The maximum absolute atomic E-state index is 12.9. The molecule has 5 heteroatoms. The van der Waals surface area contributed by atoms with E-state index in [0.29, 0.717) is 0 Å². The number of hydrogen-bond acceptors (Lipinski definition) is 3. The maximum Gasteiger partial charge on any atom is 0.308 e.